The fourth-order valence-electron chi connectivity index (χ4n) is 3.40. The van der Waals surface area contributed by atoms with Crippen molar-refractivity contribution in [1.29, 1.82) is 0 Å². The number of halogens is 1. The monoisotopic (exact) mass is 447 g/mol. The Kier molecular flexibility index (Phi) is 5.95. The van der Waals surface area contributed by atoms with Gasteiger partial charge < -0.3 is 20.1 Å². The molecule has 0 atom stereocenters. The molecule has 0 saturated carbocycles. The Balaban J connectivity index is 1.48. The highest BCUT2D eigenvalue weighted by Gasteiger charge is 2.35. The second-order valence-corrected chi connectivity index (χ2v) is 7.65. The molecule has 9 heteroatoms. The molecule has 33 heavy (non-hydrogen) atoms. The number of urea groups is 1. The highest BCUT2D eigenvalue weighted by Crippen LogP contribution is 2.21. The Bertz CT molecular complexity index is 1230. The molecule has 0 bridgehead atoms. The Morgan fingerprint density at radius 2 is 1.76 bits per heavy atom. The topological polar surface area (TPSA) is 86.7 Å². The van der Waals surface area contributed by atoms with Gasteiger partial charge in [0.2, 0.25) is 5.91 Å². The van der Waals surface area contributed by atoms with Gasteiger partial charge in [0.05, 0.1) is 0 Å². The van der Waals surface area contributed by atoms with E-state index in [4.69, 9.17) is 0 Å². The molecule has 168 valence electrons. The summed E-state index contributed by atoms with van der Waals surface area (Å²) in [6.07, 6.45) is 3.42. The number of nitrogens with zero attached hydrogens (tertiary/aromatic N) is 3. The summed E-state index contributed by atoms with van der Waals surface area (Å²) in [5.74, 6) is -1.61. The van der Waals surface area contributed by atoms with Crippen molar-refractivity contribution in [2.45, 2.75) is 0 Å². The normalized spacial score (nSPS) is 14.5. The molecule has 1 aromatic heterocycles. The van der Waals surface area contributed by atoms with E-state index in [1.54, 1.807) is 6.08 Å². The van der Waals surface area contributed by atoms with E-state index in [0.29, 0.717) is 11.4 Å². The summed E-state index contributed by atoms with van der Waals surface area (Å²) in [5.41, 5.74) is 3.07. The van der Waals surface area contributed by atoms with Gasteiger partial charge in [0.15, 0.2) is 0 Å². The summed E-state index contributed by atoms with van der Waals surface area (Å²) < 4.78 is 14.9. The number of anilines is 2. The maximum absolute atomic E-state index is 13.0. The first kappa shape index (κ1) is 21.8. The third kappa shape index (κ3) is 4.77. The number of carbonyl (C=O) groups is 3. The first-order valence-corrected chi connectivity index (χ1v) is 10.2. The van der Waals surface area contributed by atoms with Crippen molar-refractivity contribution in [3.8, 4) is 5.69 Å². The van der Waals surface area contributed by atoms with Crippen molar-refractivity contribution < 1.29 is 18.8 Å². The van der Waals surface area contributed by atoms with Gasteiger partial charge in [0.1, 0.15) is 18.1 Å². The molecule has 0 unspecified atom stereocenters. The second-order valence-electron chi connectivity index (χ2n) is 7.65. The molecule has 8 nitrogen and oxygen atoms in total. The minimum atomic E-state index is -0.686. The van der Waals surface area contributed by atoms with Crippen LogP contribution in [0.15, 0.2) is 72.6 Å². The minimum Gasteiger partial charge on any atom is -0.378 e. The summed E-state index contributed by atoms with van der Waals surface area (Å²) in [6.45, 7) is -0.466. The van der Waals surface area contributed by atoms with Crippen LogP contribution >= 0.6 is 0 Å². The van der Waals surface area contributed by atoms with E-state index < -0.39 is 30.2 Å². The predicted molar refractivity (Wildman–Crippen MR) is 123 cm³/mol. The van der Waals surface area contributed by atoms with Crippen LogP contribution in [0.2, 0.25) is 0 Å². The minimum absolute atomic E-state index is 0.0689. The van der Waals surface area contributed by atoms with Crippen molar-refractivity contribution in [3.05, 3.63) is 84.1 Å². The average Bonchev–Trinajstić information content (AvgIpc) is 3.35. The zero-order valence-corrected chi connectivity index (χ0v) is 18.1. The standard InChI is InChI=1S/C24H22FN5O3/c1-28(2)18-9-11-19(12-10-18)29-13-3-4-20(29)14-21-23(32)30(24(33)27-21)15-22(31)26-17-7-5-16(25)6-8-17/h3-14H,15H2,1-2H3,(H,26,31)(H,27,33)/b21-14-. The molecule has 1 aliphatic rings. The molecule has 4 amide bonds. The van der Waals surface area contributed by atoms with E-state index in [0.717, 1.165) is 16.3 Å². The van der Waals surface area contributed by atoms with Gasteiger partial charge in [0.25, 0.3) is 5.91 Å². The number of aromatic nitrogens is 1. The molecule has 1 aliphatic heterocycles. The largest absolute Gasteiger partial charge is 0.378 e. The molecule has 3 aromatic rings. The molecule has 0 radical (unpaired) electrons. The lowest BCUT2D eigenvalue weighted by Gasteiger charge is -2.14. The number of hydrogen-bond acceptors (Lipinski definition) is 4. The maximum Gasteiger partial charge on any atom is 0.329 e. The molecule has 0 spiro atoms. The van der Waals surface area contributed by atoms with Gasteiger partial charge in [0, 0.05) is 43.0 Å². The Morgan fingerprint density at radius 3 is 2.42 bits per heavy atom. The lowest BCUT2D eigenvalue weighted by Crippen LogP contribution is -2.38. The molecule has 0 aliphatic carbocycles. The van der Waals surface area contributed by atoms with E-state index in [1.165, 1.54) is 24.3 Å². The van der Waals surface area contributed by atoms with Crippen LogP contribution in [-0.2, 0) is 9.59 Å². The molecular weight excluding hydrogens is 425 g/mol. The quantitative estimate of drug-likeness (QED) is 0.449. The van der Waals surface area contributed by atoms with Crippen LogP contribution in [0.5, 0.6) is 0 Å². The maximum atomic E-state index is 13.0. The SMILES string of the molecule is CN(C)c1ccc(-n2cccc2/C=C2\NC(=O)N(CC(=O)Nc3ccc(F)cc3)C2=O)cc1. The smallest absolute Gasteiger partial charge is 0.329 e. The number of hydrogen-bond donors (Lipinski definition) is 2. The van der Waals surface area contributed by atoms with Gasteiger partial charge in [-0.15, -0.1) is 0 Å². The first-order valence-electron chi connectivity index (χ1n) is 10.2. The summed E-state index contributed by atoms with van der Waals surface area (Å²) in [7, 11) is 3.92. The lowest BCUT2D eigenvalue weighted by molar-refractivity contribution is -0.127. The zero-order chi connectivity index (χ0) is 23.5. The van der Waals surface area contributed by atoms with Gasteiger partial charge in [-0.1, -0.05) is 0 Å². The number of rotatable bonds is 6. The van der Waals surface area contributed by atoms with Crippen molar-refractivity contribution in [1.82, 2.24) is 14.8 Å². The van der Waals surface area contributed by atoms with Crippen molar-refractivity contribution in [2.75, 3.05) is 30.9 Å². The Hall–Kier alpha value is -4.40. The number of carbonyl (C=O) groups excluding carboxylic acids is 3. The Labute approximate surface area is 189 Å². The van der Waals surface area contributed by atoms with Crippen molar-refractivity contribution >= 4 is 35.3 Å². The van der Waals surface area contributed by atoms with Crippen LogP contribution in [0.4, 0.5) is 20.6 Å². The third-order valence-electron chi connectivity index (χ3n) is 5.11. The van der Waals surface area contributed by atoms with Crippen molar-refractivity contribution in [3.63, 3.8) is 0 Å². The van der Waals surface area contributed by atoms with Crippen LogP contribution < -0.4 is 15.5 Å². The van der Waals surface area contributed by atoms with Gasteiger partial charge >= 0.3 is 6.03 Å². The molecule has 2 aromatic carbocycles. The van der Waals surface area contributed by atoms with E-state index >= 15 is 0 Å². The van der Waals surface area contributed by atoms with Crippen LogP contribution in [0, 0.1) is 5.82 Å². The third-order valence-corrected chi connectivity index (χ3v) is 5.11. The molecule has 4 rings (SSSR count). The van der Waals surface area contributed by atoms with Gasteiger partial charge in [-0.3, -0.25) is 9.59 Å². The average molecular weight is 447 g/mol. The van der Waals surface area contributed by atoms with Gasteiger partial charge in [-0.2, -0.15) is 0 Å². The highest BCUT2D eigenvalue weighted by atomic mass is 19.1. The molecule has 2 heterocycles. The predicted octanol–water partition coefficient (Wildman–Crippen LogP) is 3.21. The molecule has 1 saturated heterocycles. The summed E-state index contributed by atoms with van der Waals surface area (Å²) in [6, 6.07) is 16.0. The van der Waals surface area contributed by atoms with Crippen LogP contribution in [0.25, 0.3) is 11.8 Å². The number of imide groups is 1. The van der Waals surface area contributed by atoms with Gasteiger partial charge in [-0.25, -0.2) is 14.1 Å². The number of nitrogens with one attached hydrogen (secondary N) is 2. The van der Waals surface area contributed by atoms with E-state index in [-0.39, 0.29) is 5.70 Å². The van der Waals surface area contributed by atoms with Crippen LogP contribution in [-0.4, -0.2) is 48.0 Å². The van der Waals surface area contributed by atoms with Crippen LogP contribution in [0.3, 0.4) is 0 Å². The fourth-order valence-corrected chi connectivity index (χ4v) is 3.40. The van der Waals surface area contributed by atoms with E-state index in [9.17, 15) is 18.8 Å². The molecular formula is C24H22FN5O3. The number of amides is 4. The van der Waals surface area contributed by atoms with Gasteiger partial charge in [-0.05, 0) is 66.7 Å². The van der Waals surface area contributed by atoms with Crippen molar-refractivity contribution in [2.24, 2.45) is 0 Å². The van der Waals surface area contributed by atoms with E-state index in [1.807, 2.05) is 66.2 Å². The zero-order valence-electron chi connectivity index (χ0n) is 18.1. The summed E-state index contributed by atoms with van der Waals surface area (Å²) >= 11 is 0. The highest BCUT2D eigenvalue weighted by molar-refractivity contribution is 6.15. The summed E-state index contributed by atoms with van der Waals surface area (Å²) in [5, 5.41) is 5.05. The van der Waals surface area contributed by atoms with Crippen LogP contribution in [0.1, 0.15) is 5.69 Å². The molecule has 2 N–H and O–H groups in total. The first-order chi connectivity index (χ1) is 15.8. The Morgan fingerprint density at radius 1 is 1.06 bits per heavy atom. The fraction of sp³-hybridized carbons (Fsp3) is 0.125. The lowest BCUT2D eigenvalue weighted by atomic mass is 10.2. The number of benzene rings is 2. The molecule has 1 fully saturated rings. The summed E-state index contributed by atoms with van der Waals surface area (Å²) in [4.78, 5) is 40.2. The van der Waals surface area contributed by atoms with E-state index in [2.05, 4.69) is 10.6 Å². The second kappa shape index (κ2) is 8.99.